The van der Waals surface area contributed by atoms with Gasteiger partial charge in [0.15, 0.2) is 0 Å². The Hall–Kier alpha value is -2.19. The Bertz CT molecular complexity index is 1180. The van der Waals surface area contributed by atoms with Crippen molar-refractivity contribution >= 4 is 56.6 Å². The third-order valence-corrected chi connectivity index (χ3v) is 7.50. The van der Waals surface area contributed by atoms with Crippen molar-refractivity contribution in [3.8, 4) is 0 Å². The van der Waals surface area contributed by atoms with E-state index in [4.69, 9.17) is 23.2 Å². The maximum absolute atomic E-state index is 12.5. The number of carbonyl (C=O) groups excluding carboxylic acids is 1. The summed E-state index contributed by atoms with van der Waals surface area (Å²) in [6.45, 7) is 2.37. The van der Waals surface area contributed by atoms with Crippen LogP contribution in [0.1, 0.15) is 21.5 Å². The van der Waals surface area contributed by atoms with Gasteiger partial charge in [0, 0.05) is 28.6 Å². The van der Waals surface area contributed by atoms with Crippen molar-refractivity contribution in [3.63, 3.8) is 0 Å². The highest BCUT2D eigenvalue weighted by atomic mass is 35.5. The number of sulfonamides is 1. The summed E-state index contributed by atoms with van der Waals surface area (Å²) in [7, 11) is -3.78. The van der Waals surface area contributed by atoms with Crippen LogP contribution < -0.4 is 10.0 Å². The normalized spacial score (nSPS) is 11.2. The lowest BCUT2D eigenvalue weighted by Gasteiger charge is -2.11. The summed E-state index contributed by atoms with van der Waals surface area (Å²) >= 11 is 13.8. The molecule has 9 heteroatoms. The van der Waals surface area contributed by atoms with Gasteiger partial charge < -0.3 is 5.32 Å². The molecule has 0 atom stereocenters. The van der Waals surface area contributed by atoms with E-state index >= 15 is 0 Å². The predicted octanol–water partition coefficient (Wildman–Crippen LogP) is 5.77. The van der Waals surface area contributed by atoms with Crippen molar-refractivity contribution in [2.45, 2.75) is 17.6 Å². The van der Waals surface area contributed by atoms with Crippen LogP contribution in [0.2, 0.25) is 10.0 Å². The lowest BCUT2D eigenvalue weighted by atomic mass is 10.2. The van der Waals surface area contributed by atoms with E-state index in [1.165, 1.54) is 35.9 Å². The first-order valence-corrected chi connectivity index (χ1v) is 13.1. The van der Waals surface area contributed by atoms with Crippen LogP contribution in [-0.2, 0) is 15.8 Å². The van der Waals surface area contributed by atoms with Gasteiger partial charge in [-0.05, 0) is 55.0 Å². The molecular weight excluding hydrogens is 487 g/mol. The van der Waals surface area contributed by atoms with Crippen molar-refractivity contribution in [1.29, 1.82) is 0 Å². The van der Waals surface area contributed by atoms with Crippen molar-refractivity contribution in [2.24, 2.45) is 0 Å². The molecule has 0 saturated carbocycles. The molecule has 2 N–H and O–H groups in total. The molecule has 5 nitrogen and oxygen atoms in total. The number of benzene rings is 3. The number of hydrogen-bond acceptors (Lipinski definition) is 4. The summed E-state index contributed by atoms with van der Waals surface area (Å²) in [4.78, 5) is 12.5. The highest BCUT2D eigenvalue weighted by Crippen LogP contribution is 2.26. The van der Waals surface area contributed by atoms with Crippen molar-refractivity contribution < 1.29 is 13.2 Å². The van der Waals surface area contributed by atoms with E-state index in [9.17, 15) is 13.2 Å². The lowest BCUT2D eigenvalue weighted by Crippen LogP contribution is -2.25. The Kier molecular flexibility index (Phi) is 8.48. The summed E-state index contributed by atoms with van der Waals surface area (Å²) in [6, 6.07) is 18.6. The smallest absolute Gasteiger partial charge is 0.261 e. The summed E-state index contributed by atoms with van der Waals surface area (Å²) in [5.74, 6) is 1.30. The van der Waals surface area contributed by atoms with Gasteiger partial charge in [-0.2, -0.15) is 11.8 Å². The van der Waals surface area contributed by atoms with Gasteiger partial charge in [-0.25, -0.2) is 8.42 Å². The van der Waals surface area contributed by atoms with E-state index in [2.05, 4.69) is 10.0 Å². The largest absolute Gasteiger partial charge is 0.351 e. The topological polar surface area (TPSA) is 75.3 Å². The van der Waals surface area contributed by atoms with Gasteiger partial charge in [-0.1, -0.05) is 53.0 Å². The van der Waals surface area contributed by atoms with Gasteiger partial charge in [-0.3, -0.25) is 9.52 Å². The number of thioether (sulfide) groups is 1. The van der Waals surface area contributed by atoms with Crippen LogP contribution in [0.15, 0.2) is 71.6 Å². The van der Waals surface area contributed by atoms with Gasteiger partial charge in [0.1, 0.15) is 0 Å². The summed E-state index contributed by atoms with van der Waals surface area (Å²) in [5.41, 5.74) is 2.69. The minimum absolute atomic E-state index is 0.136. The fourth-order valence-corrected chi connectivity index (χ4v) is 5.08. The molecular formula is C23H22Cl2N2O3S2. The number of hydrogen-bond donors (Lipinski definition) is 2. The molecule has 32 heavy (non-hydrogen) atoms. The molecule has 0 bridgehead atoms. The van der Waals surface area contributed by atoms with Crippen LogP contribution in [-0.4, -0.2) is 26.6 Å². The van der Waals surface area contributed by atoms with E-state index in [1.54, 1.807) is 23.9 Å². The van der Waals surface area contributed by atoms with E-state index in [0.29, 0.717) is 17.1 Å². The van der Waals surface area contributed by atoms with Gasteiger partial charge in [0.25, 0.3) is 15.9 Å². The maximum atomic E-state index is 12.5. The average molecular weight is 509 g/mol. The molecule has 0 saturated heterocycles. The second-order valence-electron chi connectivity index (χ2n) is 7.05. The molecule has 0 fully saturated rings. The standard InChI is InChI=1S/C23H22Cl2N2O3S2/c1-16-2-9-20(10-3-16)32(29,30)27-22-11-6-18(14-21(22)25)23(28)26-12-13-31-15-17-4-7-19(24)8-5-17/h2-11,14,27H,12-13,15H2,1H3,(H,26,28). The summed E-state index contributed by atoms with van der Waals surface area (Å²) in [6.07, 6.45) is 0. The molecule has 0 aliphatic rings. The zero-order chi connectivity index (χ0) is 23.1. The van der Waals surface area contributed by atoms with Crippen LogP contribution >= 0.6 is 35.0 Å². The molecule has 0 spiro atoms. The highest BCUT2D eigenvalue weighted by molar-refractivity contribution is 7.98. The van der Waals surface area contributed by atoms with E-state index < -0.39 is 10.0 Å². The van der Waals surface area contributed by atoms with Crippen LogP contribution in [0.5, 0.6) is 0 Å². The quantitative estimate of drug-likeness (QED) is 0.360. The summed E-state index contributed by atoms with van der Waals surface area (Å²) in [5, 5.41) is 3.69. The van der Waals surface area contributed by atoms with Crippen LogP contribution in [0.4, 0.5) is 5.69 Å². The van der Waals surface area contributed by atoms with Crippen molar-refractivity contribution in [3.05, 3.63) is 93.5 Å². The molecule has 168 valence electrons. The fourth-order valence-electron chi connectivity index (χ4n) is 2.77. The fraction of sp³-hybridized carbons (Fsp3) is 0.174. The molecule has 0 aliphatic heterocycles. The molecule has 0 heterocycles. The number of aryl methyl sites for hydroxylation is 1. The number of anilines is 1. The van der Waals surface area contributed by atoms with Gasteiger partial charge in [0.2, 0.25) is 0 Å². The second-order valence-corrected chi connectivity index (χ2v) is 10.7. The minimum Gasteiger partial charge on any atom is -0.351 e. The minimum atomic E-state index is -3.78. The van der Waals surface area contributed by atoms with E-state index in [1.807, 2.05) is 31.2 Å². The van der Waals surface area contributed by atoms with E-state index in [-0.39, 0.29) is 21.5 Å². The number of halogens is 2. The summed E-state index contributed by atoms with van der Waals surface area (Å²) < 4.78 is 27.6. The third kappa shape index (κ3) is 6.90. The maximum Gasteiger partial charge on any atom is 0.261 e. The SMILES string of the molecule is Cc1ccc(S(=O)(=O)Nc2ccc(C(=O)NCCSCc3ccc(Cl)cc3)cc2Cl)cc1. The number of amides is 1. The van der Waals surface area contributed by atoms with Gasteiger partial charge in [0.05, 0.1) is 15.6 Å². The van der Waals surface area contributed by atoms with Crippen molar-refractivity contribution in [1.82, 2.24) is 5.32 Å². The number of rotatable bonds is 9. The molecule has 0 unspecified atom stereocenters. The highest BCUT2D eigenvalue weighted by Gasteiger charge is 2.16. The molecule has 0 aliphatic carbocycles. The Morgan fingerprint density at radius 2 is 1.66 bits per heavy atom. The molecule has 3 aromatic carbocycles. The monoisotopic (exact) mass is 508 g/mol. The van der Waals surface area contributed by atoms with Gasteiger partial charge in [-0.15, -0.1) is 0 Å². The Morgan fingerprint density at radius 1 is 0.969 bits per heavy atom. The zero-order valence-corrected chi connectivity index (χ0v) is 20.4. The predicted molar refractivity (Wildman–Crippen MR) is 133 cm³/mol. The molecule has 0 radical (unpaired) electrons. The van der Waals surface area contributed by atoms with E-state index in [0.717, 1.165) is 17.1 Å². The van der Waals surface area contributed by atoms with Crippen LogP contribution in [0.25, 0.3) is 0 Å². The third-order valence-electron chi connectivity index (χ3n) is 4.52. The first-order valence-electron chi connectivity index (χ1n) is 9.74. The Labute approximate surface area is 202 Å². The second kappa shape index (κ2) is 11.1. The molecule has 3 aromatic rings. The Morgan fingerprint density at radius 3 is 2.31 bits per heavy atom. The zero-order valence-electron chi connectivity index (χ0n) is 17.3. The molecule has 3 rings (SSSR count). The van der Waals surface area contributed by atoms with Crippen LogP contribution in [0, 0.1) is 6.92 Å². The number of nitrogens with one attached hydrogen (secondary N) is 2. The first kappa shape index (κ1) is 24.5. The lowest BCUT2D eigenvalue weighted by molar-refractivity contribution is 0.0956. The number of carbonyl (C=O) groups is 1. The molecule has 1 amide bonds. The van der Waals surface area contributed by atoms with Crippen molar-refractivity contribution in [2.75, 3.05) is 17.0 Å². The molecule has 0 aromatic heterocycles. The Balaban J connectivity index is 1.52. The first-order chi connectivity index (χ1) is 15.2. The van der Waals surface area contributed by atoms with Crippen LogP contribution in [0.3, 0.4) is 0 Å². The van der Waals surface area contributed by atoms with Gasteiger partial charge >= 0.3 is 0 Å². The average Bonchev–Trinajstić information content (AvgIpc) is 2.76.